The molecule has 0 atom stereocenters. The van der Waals surface area contributed by atoms with Crippen molar-refractivity contribution < 1.29 is 13.6 Å². The van der Waals surface area contributed by atoms with Crippen molar-refractivity contribution in [2.75, 3.05) is 37.8 Å². The summed E-state index contributed by atoms with van der Waals surface area (Å²) in [4.78, 5) is 21.9. The van der Waals surface area contributed by atoms with Gasteiger partial charge in [-0.2, -0.15) is 0 Å². The van der Waals surface area contributed by atoms with Crippen LogP contribution in [0.25, 0.3) is 10.2 Å². The molecule has 3 rings (SSSR count). The van der Waals surface area contributed by atoms with Gasteiger partial charge in [0.25, 0.3) is 0 Å². The van der Waals surface area contributed by atoms with E-state index in [1.54, 1.807) is 4.90 Å². The fourth-order valence-electron chi connectivity index (χ4n) is 2.79. The quantitative estimate of drug-likeness (QED) is 0.413. The Morgan fingerprint density at radius 1 is 1.13 bits per heavy atom. The van der Waals surface area contributed by atoms with Crippen molar-refractivity contribution in [3.63, 3.8) is 0 Å². The van der Waals surface area contributed by atoms with Crippen LogP contribution in [-0.2, 0) is 4.79 Å². The van der Waals surface area contributed by atoms with E-state index in [9.17, 15) is 13.6 Å². The first-order valence-electron chi connectivity index (χ1n) is 9.23. The molecule has 0 aliphatic rings. The molecule has 0 fully saturated rings. The normalized spacial score (nSPS) is 11.0. The summed E-state index contributed by atoms with van der Waals surface area (Å²) in [6.45, 7) is 3.29. The maximum absolute atomic E-state index is 14.1. The number of nitrogens with zero attached hydrogens (tertiary/aromatic N) is 3. The highest BCUT2D eigenvalue weighted by atomic mass is 35.5. The highest BCUT2D eigenvalue weighted by Crippen LogP contribution is 2.32. The van der Waals surface area contributed by atoms with E-state index in [-0.39, 0.29) is 29.6 Å². The summed E-state index contributed by atoms with van der Waals surface area (Å²) in [6, 6.07) is 10.1. The van der Waals surface area contributed by atoms with Crippen molar-refractivity contribution in [1.29, 1.82) is 0 Å². The molecule has 0 unspecified atom stereocenters. The van der Waals surface area contributed by atoms with E-state index in [1.165, 1.54) is 17.8 Å². The first-order valence-corrected chi connectivity index (χ1v) is 11.0. The molecule has 0 aliphatic heterocycles. The number of aromatic nitrogens is 1. The van der Waals surface area contributed by atoms with Crippen LogP contribution in [0.2, 0.25) is 0 Å². The molecule has 0 aliphatic carbocycles. The predicted octanol–water partition coefficient (Wildman–Crippen LogP) is 5.38. The molecular weight excluding hydrogens is 448 g/mol. The van der Waals surface area contributed by atoms with Crippen LogP contribution >= 0.6 is 35.5 Å². The second-order valence-corrected chi connectivity index (χ2v) is 9.09. The number of carbonyl (C=O) groups excluding carboxylic acids is 1. The molecule has 30 heavy (non-hydrogen) atoms. The fraction of sp³-hybridized carbons (Fsp3) is 0.333. The van der Waals surface area contributed by atoms with Gasteiger partial charge in [-0.3, -0.25) is 9.69 Å². The largest absolute Gasteiger partial charge is 0.309 e. The van der Waals surface area contributed by atoms with Crippen molar-refractivity contribution in [2.24, 2.45) is 0 Å². The van der Waals surface area contributed by atoms with Crippen LogP contribution in [-0.4, -0.2) is 48.7 Å². The maximum atomic E-state index is 14.1. The van der Waals surface area contributed by atoms with Gasteiger partial charge in [0, 0.05) is 17.5 Å². The first-order chi connectivity index (χ1) is 13.8. The average molecular weight is 472 g/mol. The molecule has 1 heterocycles. The predicted molar refractivity (Wildman–Crippen MR) is 124 cm³/mol. The fourth-order valence-corrected chi connectivity index (χ4v) is 4.61. The van der Waals surface area contributed by atoms with E-state index in [0.717, 1.165) is 40.8 Å². The van der Waals surface area contributed by atoms with Gasteiger partial charge in [0.1, 0.15) is 11.3 Å². The summed E-state index contributed by atoms with van der Waals surface area (Å²) in [5.41, 5.74) is 1.26. The van der Waals surface area contributed by atoms with Gasteiger partial charge in [0.2, 0.25) is 5.91 Å². The number of carbonyl (C=O) groups is 1. The van der Waals surface area contributed by atoms with Gasteiger partial charge in [-0.15, -0.1) is 24.2 Å². The van der Waals surface area contributed by atoms with Crippen molar-refractivity contribution in [3.05, 3.63) is 53.6 Å². The molecule has 4 nitrogen and oxygen atoms in total. The molecule has 2 aromatic carbocycles. The van der Waals surface area contributed by atoms with Gasteiger partial charge in [0.15, 0.2) is 10.9 Å². The number of rotatable bonds is 8. The lowest BCUT2D eigenvalue weighted by Gasteiger charge is -2.21. The number of amides is 1. The molecule has 9 heteroatoms. The lowest BCUT2D eigenvalue weighted by atomic mass is 10.2. The number of halogens is 3. The average Bonchev–Trinajstić information content (AvgIpc) is 3.08. The molecule has 0 spiro atoms. The zero-order chi connectivity index (χ0) is 21.0. The Hall–Kier alpha value is -1.74. The van der Waals surface area contributed by atoms with Crippen molar-refractivity contribution in [1.82, 2.24) is 9.88 Å². The van der Waals surface area contributed by atoms with Crippen LogP contribution in [0, 0.1) is 18.6 Å². The summed E-state index contributed by atoms with van der Waals surface area (Å²) >= 11 is 2.59. The molecule has 0 saturated heterocycles. The Morgan fingerprint density at radius 2 is 1.83 bits per heavy atom. The number of fused-ring (bicyclic) bond motifs is 1. The molecule has 0 radical (unpaired) electrons. The SMILES string of the molecule is Cc1ccc(SCC(=O)N(CCCN(C)C)c2nc3c(F)cc(F)cc3s2)cc1.Cl. The van der Waals surface area contributed by atoms with Gasteiger partial charge in [-0.05, 0) is 52.2 Å². The van der Waals surface area contributed by atoms with E-state index in [1.807, 2.05) is 50.2 Å². The monoisotopic (exact) mass is 471 g/mol. The Morgan fingerprint density at radius 3 is 2.50 bits per heavy atom. The third kappa shape index (κ3) is 6.38. The number of hydrogen-bond acceptors (Lipinski definition) is 5. The number of anilines is 1. The summed E-state index contributed by atoms with van der Waals surface area (Å²) in [7, 11) is 3.94. The van der Waals surface area contributed by atoms with Crippen LogP contribution in [0.5, 0.6) is 0 Å². The number of benzene rings is 2. The Kier molecular flexibility index (Phi) is 9.03. The number of thioether (sulfide) groups is 1. The topological polar surface area (TPSA) is 36.4 Å². The minimum Gasteiger partial charge on any atom is -0.309 e. The van der Waals surface area contributed by atoms with Gasteiger partial charge < -0.3 is 4.90 Å². The third-order valence-electron chi connectivity index (χ3n) is 4.30. The maximum Gasteiger partial charge on any atom is 0.239 e. The molecular formula is C21H24ClF2N3OS2. The van der Waals surface area contributed by atoms with Crippen LogP contribution in [0.3, 0.4) is 0 Å². The van der Waals surface area contributed by atoms with Gasteiger partial charge in [-0.25, -0.2) is 13.8 Å². The second kappa shape index (κ2) is 11.0. The highest BCUT2D eigenvalue weighted by Gasteiger charge is 2.21. The van der Waals surface area contributed by atoms with Gasteiger partial charge in [0.05, 0.1) is 10.5 Å². The van der Waals surface area contributed by atoms with Gasteiger partial charge in [-0.1, -0.05) is 29.0 Å². The zero-order valence-corrected chi connectivity index (χ0v) is 19.5. The Labute approximate surface area is 189 Å². The highest BCUT2D eigenvalue weighted by molar-refractivity contribution is 8.00. The van der Waals surface area contributed by atoms with Crippen molar-refractivity contribution in [2.45, 2.75) is 18.2 Å². The molecule has 3 aromatic rings. The van der Waals surface area contributed by atoms with E-state index >= 15 is 0 Å². The van der Waals surface area contributed by atoms with Gasteiger partial charge >= 0.3 is 0 Å². The lowest BCUT2D eigenvalue weighted by molar-refractivity contribution is -0.116. The molecule has 0 N–H and O–H groups in total. The number of hydrogen-bond donors (Lipinski definition) is 0. The zero-order valence-electron chi connectivity index (χ0n) is 17.0. The second-order valence-electron chi connectivity index (χ2n) is 7.03. The van der Waals surface area contributed by atoms with Crippen molar-refractivity contribution in [3.8, 4) is 0 Å². The van der Waals surface area contributed by atoms with Crippen LogP contribution in [0.4, 0.5) is 13.9 Å². The van der Waals surface area contributed by atoms with Crippen LogP contribution in [0.15, 0.2) is 41.3 Å². The van der Waals surface area contributed by atoms with E-state index in [2.05, 4.69) is 4.98 Å². The number of aryl methyl sites for hydroxylation is 1. The minimum absolute atomic E-state index is 0. The van der Waals surface area contributed by atoms with E-state index in [0.29, 0.717) is 16.4 Å². The third-order valence-corrected chi connectivity index (χ3v) is 6.33. The van der Waals surface area contributed by atoms with E-state index < -0.39 is 11.6 Å². The minimum atomic E-state index is -0.711. The van der Waals surface area contributed by atoms with Crippen LogP contribution in [0.1, 0.15) is 12.0 Å². The van der Waals surface area contributed by atoms with Crippen LogP contribution < -0.4 is 4.90 Å². The summed E-state index contributed by atoms with van der Waals surface area (Å²) in [6.07, 6.45) is 0.751. The summed E-state index contributed by atoms with van der Waals surface area (Å²) in [5, 5.41) is 0.401. The van der Waals surface area contributed by atoms with Crippen molar-refractivity contribution >= 4 is 56.8 Å². The number of thiazole rings is 1. The Balaban J connectivity index is 0.00000320. The summed E-state index contributed by atoms with van der Waals surface area (Å²) in [5.74, 6) is -1.21. The molecule has 0 bridgehead atoms. The lowest BCUT2D eigenvalue weighted by Crippen LogP contribution is -2.34. The first kappa shape index (κ1) is 24.5. The summed E-state index contributed by atoms with van der Waals surface area (Å²) < 4.78 is 28.0. The smallest absolute Gasteiger partial charge is 0.239 e. The molecule has 1 aromatic heterocycles. The van der Waals surface area contributed by atoms with E-state index in [4.69, 9.17) is 0 Å². The molecule has 0 saturated carbocycles. The standard InChI is InChI=1S/C21H23F2N3OS2.ClH/c1-14-5-7-16(8-6-14)28-13-19(27)26(10-4-9-25(2)3)21-24-20-17(23)11-15(22)12-18(20)29-21;/h5-8,11-12H,4,9-10,13H2,1-3H3;1H. The Bertz CT molecular complexity index is 996. The molecule has 1 amide bonds. The molecule has 162 valence electrons.